The molecule has 2 fully saturated rings. The minimum absolute atomic E-state index is 0.0408. The molecule has 180 valence electrons. The Morgan fingerprint density at radius 2 is 2.15 bits per heavy atom. The molecule has 0 unspecified atom stereocenters. The molecule has 0 radical (unpaired) electrons. The third kappa shape index (κ3) is 4.07. The molecule has 34 heavy (non-hydrogen) atoms. The van der Waals surface area contributed by atoms with Gasteiger partial charge in [0.15, 0.2) is 11.5 Å². The average molecular weight is 496 g/mol. The Balaban J connectivity index is 1.39. The van der Waals surface area contributed by atoms with Crippen molar-refractivity contribution in [3.05, 3.63) is 52.2 Å². The lowest BCUT2D eigenvalue weighted by atomic mass is 9.95. The summed E-state index contributed by atoms with van der Waals surface area (Å²) in [5.74, 6) is -0.508. The van der Waals surface area contributed by atoms with Crippen molar-refractivity contribution in [3.63, 3.8) is 0 Å². The van der Waals surface area contributed by atoms with Gasteiger partial charge in [-0.1, -0.05) is 22.8 Å². The zero-order valence-electron chi connectivity index (χ0n) is 18.2. The summed E-state index contributed by atoms with van der Waals surface area (Å²) < 4.78 is 52.4. The van der Waals surface area contributed by atoms with Crippen molar-refractivity contribution in [1.29, 1.82) is 0 Å². The predicted molar refractivity (Wildman–Crippen MR) is 114 cm³/mol. The third-order valence-electron chi connectivity index (χ3n) is 6.42. The second-order valence-corrected chi connectivity index (χ2v) is 8.94. The lowest BCUT2D eigenvalue weighted by molar-refractivity contribution is -0.131. The van der Waals surface area contributed by atoms with Crippen LogP contribution in [-0.2, 0) is 21.5 Å². The first-order valence-corrected chi connectivity index (χ1v) is 11.1. The Morgan fingerprint density at radius 3 is 2.79 bits per heavy atom. The number of alkyl halides is 2. The summed E-state index contributed by atoms with van der Waals surface area (Å²) in [4.78, 5) is 18.6. The van der Waals surface area contributed by atoms with Gasteiger partial charge in [0, 0.05) is 25.2 Å². The second-order valence-electron chi connectivity index (χ2n) is 8.53. The maximum atomic E-state index is 13.7. The van der Waals surface area contributed by atoms with E-state index in [-0.39, 0.29) is 35.2 Å². The van der Waals surface area contributed by atoms with Gasteiger partial charge in [-0.2, -0.15) is 10.1 Å². The van der Waals surface area contributed by atoms with E-state index >= 15 is 0 Å². The molecule has 12 heteroatoms. The number of amides is 1. The van der Waals surface area contributed by atoms with Gasteiger partial charge < -0.3 is 14.2 Å². The van der Waals surface area contributed by atoms with Crippen LogP contribution in [-0.4, -0.2) is 57.0 Å². The smallest absolute Gasteiger partial charge is 0.280 e. The molecule has 8 nitrogen and oxygen atoms in total. The molecule has 2 aromatic heterocycles. The van der Waals surface area contributed by atoms with Gasteiger partial charge >= 0.3 is 0 Å². The number of carbonyl (C=O) groups is 1. The number of likely N-dealkylation sites (tertiary alicyclic amines) is 1. The van der Waals surface area contributed by atoms with Gasteiger partial charge in [-0.15, -0.1) is 0 Å². The van der Waals surface area contributed by atoms with E-state index in [1.807, 2.05) is 0 Å². The van der Waals surface area contributed by atoms with Crippen molar-refractivity contribution < 1.29 is 27.2 Å². The molecule has 0 spiro atoms. The zero-order chi connectivity index (χ0) is 24.0. The molecule has 2 aliphatic rings. The molecule has 1 saturated carbocycles. The second kappa shape index (κ2) is 8.70. The highest BCUT2D eigenvalue weighted by Gasteiger charge is 2.51. The van der Waals surface area contributed by atoms with Gasteiger partial charge in [0.1, 0.15) is 18.1 Å². The first-order valence-electron chi connectivity index (χ1n) is 10.8. The average Bonchev–Trinajstić information content (AvgIpc) is 3.18. The molecule has 1 aliphatic heterocycles. The van der Waals surface area contributed by atoms with Crippen LogP contribution in [0.4, 0.5) is 13.2 Å². The van der Waals surface area contributed by atoms with E-state index < -0.39 is 23.4 Å². The molecule has 3 heterocycles. The number of ether oxygens (including phenoxy) is 1. The summed E-state index contributed by atoms with van der Waals surface area (Å²) in [5, 5.41) is 8.44. The fraction of sp³-hybridized carbons (Fsp3) is 0.455. The molecule has 1 amide bonds. The minimum Gasteiger partial charge on any atom is -0.380 e. The van der Waals surface area contributed by atoms with Crippen LogP contribution in [0.5, 0.6) is 0 Å². The highest BCUT2D eigenvalue weighted by molar-refractivity contribution is 6.31. The summed E-state index contributed by atoms with van der Waals surface area (Å²) in [7, 11) is 1.57. The third-order valence-corrected chi connectivity index (χ3v) is 6.73. The van der Waals surface area contributed by atoms with Crippen LogP contribution >= 0.6 is 11.6 Å². The lowest BCUT2D eigenvalue weighted by Gasteiger charge is -2.16. The Bertz CT molecular complexity index is 1230. The van der Waals surface area contributed by atoms with E-state index in [9.17, 15) is 18.0 Å². The Kier molecular flexibility index (Phi) is 5.85. The van der Waals surface area contributed by atoms with Gasteiger partial charge in [-0.25, -0.2) is 13.2 Å². The van der Waals surface area contributed by atoms with E-state index in [0.29, 0.717) is 43.7 Å². The lowest BCUT2D eigenvalue weighted by Crippen LogP contribution is -2.33. The summed E-state index contributed by atoms with van der Waals surface area (Å²) in [6.45, 7) is 0.567. The SMILES string of the molecule is CO[C@@H]1CCN(C(=O)Cn2nc(-c3nc(C4(c5ccc(F)cc5Cl)CC4)no3)cc2C(F)F)C1. The Morgan fingerprint density at radius 1 is 1.35 bits per heavy atom. The van der Waals surface area contributed by atoms with Crippen molar-refractivity contribution in [2.24, 2.45) is 0 Å². The summed E-state index contributed by atoms with van der Waals surface area (Å²) in [5.41, 5.74) is -0.329. The van der Waals surface area contributed by atoms with Gasteiger partial charge in [0.2, 0.25) is 5.91 Å². The fourth-order valence-corrected chi connectivity index (χ4v) is 4.70. The van der Waals surface area contributed by atoms with Gasteiger partial charge in [0.25, 0.3) is 12.3 Å². The molecular formula is C22H21ClF3N5O3. The van der Waals surface area contributed by atoms with E-state index in [4.69, 9.17) is 20.9 Å². The number of rotatable bonds is 7. The van der Waals surface area contributed by atoms with Gasteiger partial charge in [-0.05, 0) is 43.0 Å². The molecule has 0 N–H and O–H groups in total. The number of halogens is 4. The normalized spacial score (nSPS) is 19.2. The summed E-state index contributed by atoms with van der Waals surface area (Å²) in [6.07, 6.45) is -0.858. The summed E-state index contributed by atoms with van der Waals surface area (Å²) in [6, 6.07) is 5.26. The largest absolute Gasteiger partial charge is 0.380 e. The number of hydrogen-bond acceptors (Lipinski definition) is 6. The fourth-order valence-electron chi connectivity index (χ4n) is 4.35. The van der Waals surface area contributed by atoms with Crippen molar-refractivity contribution in [2.75, 3.05) is 20.2 Å². The number of methoxy groups -OCH3 is 1. The topological polar surface area (TPSA) is 86.3 Å². The number of aromatic nitrogens is 4. The number of nitrogens with zero attached hydrogens (tertiary/aromatic N) is 5. The molecule has 1 aromatic carbocycles. The maximum Gasteiger partial charge on any atom is 0.280 e. The van der Waals surface area contributed by atoms with Crippen molar-refractivity contribution in [2.45, 2.75) is 43.8 Å². The van der Waals surface area contributed by atoms with Crippen LogP contribution in [0.3, 0.4) is 0 Å². The number of hydrogen-bond donors (Lipinski definition) is 0. The molecule has 3 aromatic rings. The van der Waals surface area contributed by atoms with E-state index in [1.165, 1.54) is 12.1 Å². The van der Waals surface area contributed by atoms with Crippen LogP contribution in [0.25, 0.3) is 11.6 Å². The minimum atomic E-state index is -2.85. The highest BCUT2D eigenvalue weighted by atomic mass is 35.5. The predicted octanol–water partition coefficient (Wildman–Crippen LogP) is 3.99. The highest BCUT2D eigenvalue weighted by Crippen LogP contribution is 2.54. The van der Waals surface area contributed by atoms with Crippen LogP contribution in [0.15, 0.2) is 28.8 Å². The maximum absolute atomic E-state index is 13.7. The summed E-state index contributed by atoms with van der Waals surface area (Å²) >= 11 is 6.24. The molecule has 1 aliphatic carbocycles. The van der Waals surface area contributed by atoms with Crippen molar-refractivity contribution in [3.8, 4) is 11.6 Å². The molecule has 1 atom stereocenters. The van der Waals surface area contributed by atoms with Crippen LogP contribution in [0, 0.1) is 5.82 Å². The Labute approximate surface area is 197 Å². The van der Waals surface area contributed by atoms with Gasteiger partial charge in [-0.3, -0.25) is 9.48 Å². The first kappa shape index (κ1) is 22.9. The van der Waals surface area contributed by atoms with E-state index in [1.54, 1.807) is 18.1 Å². The van der Waals surface area contributed by atoms with Crippen molar-refractivity contribution >= 4 is 17.5 Å². The Hall–Kier alpha value is -2.92. The first-order chi connectivity index (χ1) is 16.3. The van der Waals surface area contributed by atoms with Gasteiger partial charge in [0.05, 0.1) is 11.5 Å². The number of carbonyl (C=O) groups excluding carboxylic acids is 1. The monoisotopic (exact) mass is 495 g/mol. The van der Waals surface area contributed by atoms with Crippen LogP contribution in [0.1, 0.15) is 42.8 Å². The molecule has 1 saturated heterocycles. The van der Waals surface area contributed by atoms with E-state index in [2.05, 4.69) is 15.2 Å². The van der Waals surface area contributed by atoms with Crippen LogP contribution in [0.2, 0.25) is 5.02 Å². The number of benzene rings is 1. The zero-order valence-corrected chi connectivity index (χ0v) is 18.9. The van der Waals surface area contributed by atoms with Crippen molar-refractivity contribution in [1.82, 2.24) is 24.8 Å². The standard InChI is InChI=1S/C22H21ClF3N5O3/c1-33-13-4-7-30(10-13)18(32)11-31-17(19(25)26)9-16(28-31)20-27-21(29-34-20)22(5-6-22)14-3-2-12(24)8-15(14)23/h2-3,8-9,13,19H,4-7,10-11H2,1H3/t13-/m1/s1. The molecule has 0 bridgehead atoms. The molecular weight excluding hydrogens is 475 g/mol. The van der Waals surface area contributed by atoms with E-state index in [0.717, 1.165) is 10.7 Å². The quantitative estimate of drug-likeness (QED) is 0.492. The molecule has 5 rings (SSSR count). The van der Waals surface area contributed by atoms with Crippen LogP contribution < -0.4 is 0 Å².